The van der Waals surface area contributed by atoms with Crippen LogP contribution in [0.2, 0.25) is 5.02 Å². The Morgan fingerprint density at radius 3 is 2.53 bits per heavy atom. The van der Waals surface area contributed by atoms with Gasteiger partial charge < -0.3 is 10.2 Å². The lowest BCUT2D eigenvalue weighted by Gasteiger charge is -2.28. The fraction of sp³-hybridized carbons (Fsp3) is 0.533. The van der Waals surface area contributed by atoms with E-state index in [1.165, 1.54) is 0 Å². The molecule has 1 N–H and O–H groups in total. The van der Waals surface area contributed by atoms with Gasteiger partial charge >= 0.3 is 0 Å². The molecule has 0 saturated carbocycles. The quantitative estimate of drug-likeness (QED) is 0.870. The summed E-state index contributed by atoms with van der Waals surface area (Å²) < 4.78 is 0. The van der Waals surface area contributed by atoms with Gasteiger partial charge in [0.05, 0.1) is 6.42 Å². The lowest BCUT2D eigenvalue weighted by molar-refractivity contribution is -0.120. The smallest absolute Gasteiger partial charge is 0.224 e. The van der Waals surface area contributed by atoms with Crippen molar-refractivity contribution >= 4 is 17.5 Å². The molecule has 0 aliphatic rings. The minimum atomic E-state index is 0.0138. The van der Waals surface area contributed by atoms with E-state index < -0.39 is 0 Å². The number of carbonyl (C=O) groups excluding carboxylic acids is 1. The number of nitrogens with one attached hydrogen (secondary N) is 1. The first-order valence-corrected chi connectivity index (χ1v) is 6.83. The molecule has 19 heavy (non-hydrogen) atoms. The SMILES string of the molecule is CN(C)CC(C)(C)CNC(=O)Cc1ccccc1Cl. The highest BCUT2D eigenvalue weighted by Crippen LogP contribution is 2.16. The molecule has 3 nitrogen and oxygen atoms in total. The molecule has 4 heteroatoms. The molecule has 0 radical (unpaired) electrons. The van der Waals surface area contributed by atoms with E-state index in [1.54, 1.807) is 6.07 Å². The molecule has 0 fully saturated rings. The second-order valence-electron chi connectivity index (χ2n) is 5.95. The number of rotatable bonds is 6. The van der Waals surface area contributed by atoms with Gasteiger partial charge in [-0.05, 0) is 31.1 Å². The highest BCUT2D eigenvalue weighted by Gasteiger charge is 2.19. The van der Waals surface area contributed by atoms with Gasteiger partial charge in [-0.1, -0.05) is 43.6 Å². The van der Waals surface area contributed by atoms with E-state index in [0.29, 0.717) is 18.0 Å². The first-order valence-electron chi connectivity index (χ1n) is 6.45. The third kappa shape index (κ3) is 6.08. The van der Waals surface area contributed by atoms with Crippen LogP contribution in [-0.2, 0) is 11.2 Å². The summed E-state index contributed by atoms with van der Waals surface area (Å²) in [6, 6.07) is 7.45. The summed E-state index contributed by atoms with van der Waals surface area (Å²) >= 11 is 6.04. The molecule has 0 bridgehead atoms. The van der Waals surface area contributed by atoms with Crippen LogP contribution in [-0.4, -0.2) is 38.0 Å². The summed E-state index contributed by atoms with van der Waals surface area (Å²) in [5.74, 6) is 0.0138. The van der Waals surface area contributed by atoms with Crippen LogP contribution < -0.4 is 5.32 Å². The Kier molecular flexibility index (Phi) is 5.83. The van der Waals surface area contributed by atoms with E-state index in [-0.39, 0.29) is 11.3 Å². The zero-order valence-electron chi connectivity index (χ0n) is 12.2. The van der Waals surface area contributed by atoms with Crippen LogP contribution in [0.25, 0.3) is 0 Å². The van der Waals surface area contributed by atoms with E-state index in [9.17, 15) is 4.79 Å². The molecule has 0 saturated heterocycles. The molecule has 0 aliphatic carbocycles. The second kappa shape index (κ2) is 6.92. The Morgan fingerprint density at radius 2 is 1.95 bits per heavy atom. The topological polar surface area (TPSA) is 32.3 Å². The van der Waals surface area contributed by atoms with Gasteiger partial charge in [0.2, 0.25) is 5.91 Å². The van der Waals surface area contributed by atoms with Gasteiger partial charge in [0.1, 0.15) is 0 Å². The van der Waals surface area contributed by atoms with Gasteiger partial charge in [-0.15, -0.1) is 0 Å². The Morgan fingerprint density at radius 1 is 1.32 bits per heavy atom. The summed E-state index contributed by atoms with van der Waals surface area (Å²) in [4.78, 5) is 14.0. The Bertz CT molecular complexity index is 430. The minimum Gasteiger partial charge on any atom is -0.355 e. The van der Waals surface area contributed by atoms with E-state index in [1.807, 2.05) is 32.3 Å². The maximum absolute atomic E-state index is 11.9. The van der Waals surface area contributed by atoms with Crippen molar-refractivity contribution in [1.82, 2.24) is 10.2 Å². The van der Waals surface area contributed by atoms with E-state index in [4.69, 9.17) is 11.6 Å². The number of nitrogens with zero attached hydrogens (tertiary/aromatic N) is 1. The summed E-state index contributed by atoms with van der Waals surface area (Å²) in [5, 5.41) is 3.62. The van der Waals surface area contributed by atoms with Crippen molar-refractivity contribution < 1.29 is 4.79 Å². The molecule has 106 valence electrons. The van der Waals surface area contributed by atoms with Gasteiger partial charge in [-0.2, -0.15) is 0 Å². The predicted molar refractivity (Wildman–Crippen MR) is 80.5 cm³/mol. The highest BCUT2D eigenvalue weighted by molar-refractivity contribution is 6.31. The van der Waals surface area contributed by atoms with Crippen LogP contribution in [0, 0.1) is 5.41 Å². The van der Waals surface area contributed by atoms with Gasteiger partial charge in [-0.3, -0.25) is 4.79 Å². The summed E-state index contributed by atoms with van der Waals surface area (Å²) in [6.45, 7) is 5.87. The van der Waals surface area contributed by atoms with Crippen molar-refractivity contribution in [1.29, 1.82) is 0 Å². The van der Waals surface area contributed by atoms with Gasteiger partial charge in [-0.25, -0.2) is 0 Å². The van der Waals surface area contributed by atoms with Crippen LogP contribution >= 0.6 is 11.6 Å². The van der Waals surface area contributed by atoms with Crippen molar-refractivity contribution in [3.05, 3.63) is 34.9 Å². The molecule has 0 aliphatic heterocycles. The average Bonchev–Trinajstić information content (AvgIpc) is 2.28. The highest BCUT2D eigenvalue weighted by atomic mass is 35.5. The average molecular weight is 283 g/mol. The third-order valence-corrected chi connectivity index (χ3v) is 3.19. The molecule has 1 amide bonds. The monoisotopic (exact) mass is 282 g/mol. The number of halogens is 1. The Labute approximate surface area is 120 Å². The number of benzene rings is 1. The van der Waals surface area contributed by atoms with Crippen LogP contribution in [0.5, 0.6) is 0 Å². The first-order chi connectivity index (χ1) is 8.80. The summed E-state index contributed by atoms with van der Waals surface area (Å²) in [7, 11) is 4.07. The molecule has 0 spiro atoms. The van der Waals surface area contributed by atoms with E-state index in [2.05, 4.69) is 24.1 Å². The predicted octanol–water partition coefficient (Wildman–Crippen LogP) is 2.59. The molecule has 0 aromatic heterocycles. The maximum atomic E-state index is 11.9. The molecule has 1 aromatic carbocycles. The van der Waals surface area contributed by atoms with Crippen LogP contribution in [0.1, 0.15) is 19.4 Å². The van der Waals surface area contributed by atoms with E-state index in [0.717, 1.165) is 12.1 Å². The van der Waals surface area contributed by atoms with Gasteiger partial charge in [0.25, 0.3) is 0 Å². The van der Waals surface area contributed by atoms with Crippen LogP contribution in [0.15, 0.2) is 24.3 Å². The standard InChI is InChI=1S/C15H23ClN2O/c1-15(2,11-18(3)4)10-17-14(19)9-12-7-5-6-8-13(12)16/h5-8H,9-11H2,1-4H3,(H,17,19). The first kappa shape index (κ1) is 16.0. The Hall–Kier alpha value is -1.06. The number of amides is 1. The molecule has 0 heterocycles. The lowest BCUT2D eigenvalue weighted by Crippen LogP contribution is -2.40. The van der Waals surface area contributed by atoms with Gasteiger partial charge in [0, 0.05) is 18.1 Å². The van der Waals surface area contributed by atoms with Crippen molar-refractivity contribution in [2.75, 3.05) is 27.2 Å². The largest absolute Gasteiger partial charge is 0.355 e. The van der Waals surface area contributed by atoms with Crippen molar-refractivity contribution in [3.63, 3.8) is 0 Å². The number of hydrogen-bond acceptors (Lipinski definition) is 2. The molecular formula is C15H23ClN2O. The number of hydrogen-bond donors (Lipinski definition) is 1. The molecule has 0 unspecified atom stereocenters. The molecule has 1 rings (SSSR count). The fourth-order valence-corrected chi connectivity index (χ4v) is 2.33. The van der Waals surface area contributed by atoms with Gasteiger partial charge in [0.15, 0.2) is 0 Å². The van der Waals surface area contributed by atoms with Crippen LogP contribution in [0.3, 0.4) is 0 Å². The second-order valence-corrected chi connectivity index (χ2v) is 6.35. The molecule has 1 aromatic rings. The van der Waals surface area contributed by atoms with E-state index >= 15 is 0 Å². The normalized spacial score (nSPS) is 11.7. The zero-order valence-corrected chi connectivity index (χ0v) is 12.9. The molecular weight excluding hydrogens is 260 g/mol. The fourth-order valence-electron chi connectivity index (χ4n) is 2.13. The summed E-state index contributed by atoms with van der Waals surface area (Å²) in [5.41, 5.74) is 0.923. The number of carbonyl (C=O) groups is 1. The summed E-state index contributed by atoms with van der Waals surface area (Å²) in [6.07, 6.45) is 0.331. The van der Waals surface area contributed by atoms with Crippen molar-refractivity contribution in [2.45, 2.75) is 20.3 Å². The zero-order chi connectivity index (χ0) is 14.5. The Balaban J connectivity index is 2.46. The maximum Gasteiger partial charge on any atom is 0.224 e. The van der Waals surface area contributed by atoms with Crippen LogP contribution in [0.4, 0.5) is 0 Å². The lowest BCUT2D eigenvalue weighted by atomic mass is 9.93. The van der Waals surface area contributed by atoms with Crippen molar-refractivity contribution in [3.8, 4) is 0 Å². The third-order valence-electron chi connectivity index (χ3n) is 2.82. The minimum absolute atomic E-state index is 0.0138. The van der Waals surface area contributed by atoms with Crippen molar-refractivity contribution in [2.24, 2.45) is 5.41 Å². The molecule has 0 atom stereocenters.